The number of anilines is 1. The number of methoxy groups -OCH3 is 2. The molecule has 0 unspecified atom stereocenters. The lowest BCUT2D eigenvalue weighted by molar-refractivity contribution is 0.352. The fourth-order valence-electron chi connectivity index (χ4n) is 2.16. The number of nitrogens with zero attached hydrogens (tertiary/aromatic N) is 1. The van der Waals surface area contributed by atoms with E-state index >= 15 is 0 Å². The molecule has 2 rings (SSSR count). The zero-order valence-corrected chi connectivity index (χ0v) is 13.4. The Morgan fingerprint density at radius 3 is 2.40 bits per heavy atom. The highest BCUT2D eigenvalue weighted by molar-refractivity contribution is 9.10. The zero-order chi connectivity index (χ0) is 14.9. The molecule has 0 bridgehead atoms. The molecule has 0 saturated carbocycles. The van der Waals surface area contributed by atoms with Gasteiger partial charge in [0.1, 0.15) is 5.69 Å². The fourth-order valence-corrected chi connectivity index (χ4v) is 3.19. The maximum Gasteiger partial charge on any atom is 0.222 e. The van der Waals surface area contributed by atoms with Gasteiger partial charge in [0, 0.05) is 11.6 Å². The molecular formula is C14H17BrN2O3. The van der Waals surface area contributed by atoms with Gasteiger partial charge in [-0.1, -0.05) is 19.0 Å². The third-order valence-electron chi connectivity index (χ3n) is 3.03. The third kappa shape index (κ3) is 2.47. The molecule has 0 aliphatic heterocycles. The number of rotatable bonds is 4. The van der Waals surface area contributed by atoms with Crippen molar-refractivity contribution in [1.82, 2.24) is 5.16 Å². The molecule has 2 N–H and O–H groups in total. The lowest BCUT2D eigenvalue weighted by Crippen LogP contribution is -2.00. The first-order chi connectivity index (χ1) is 9.49. The molecule has 108 valence electrons. The number of halogens is 1. The molecule has 0 aliphatic rings. The van der Waals surface area contributed by atoms with Gasteiger partial charge in [-0.2, -0.15) is 0 Å². The monoisotopic (exact) mass is 340 g/mol. The summed E-state index contributed by atoms with van der Waals surface area (Å²) in [5.74, 6) is 1.83. The van der Waals surface area contributed by atoms with Crippen LogP contribution in [0.1, 0.15) is 25.3 Å². The molecule has 1 heterocycles. The summed E-state index contributed by atoms with van der Waals surface area (Å²) in [6.45, 7) is 4.19. The second-order valence-corrected chi connectivity index (χ2v) is 5.45. The quantitative estimate of drug-likeness (QED) is 0.915. The molecule has 0 amide bonds. The molecule has 6 heteroatoms. The van der Waals surface area contributed by atoms with Crippen LogP contribution in [0.2, 0.25) is 0 Å². The highest BCUT2D eigenvalue weighted by atomic mass is 79.9. The molecule has 1 aromatic carbocycles. The smallest absolute Gasteiger partial charge is 0.222 e. The van der Waals surface area contributed by atoms with Crippen molar-refractivity contribution in [3.05, 3.63) is 22.2 Å². The normalized spacial score (nSPS) is 10.9. The van der Waals surface area contributed by atoms with E-state index < -0.39 is 0 Å². The molecule has 5 nitrogen and oxygen atoms in total. The van der Waals surface area contributed by atoms with Gasteiger partial charge in [0.2, 0.25) is 5.88 Å². The Balaban J connectivity index is 2.75. The summed E-state index contributed by atoms with van der Waals surface area (Å²) in [5, 5.41) is 3.98. The standard InChI is InChI=1S/C14H17BrN2O3/c1-7(2)12-8(9-6-11(16)20-17-9)5-10(18-3)14(19-4)13(12)15/h5-7H,16H2,1-4H3. The molecule has 0 fully saturated rings. The van der Waals surface area contributed by atoms with E-state index in [-0.39, 0.29) is 11.8 Å². The maximum atomic E-state index is 5.61. The van der Waals surface area contributed by atoms with Crippen LogP contribution in [0.25, 0.3) is 11.3 Å². The molecule has 0 aliphatic carbocycles. The molecular weight excluding hydrogens is 324 g/mol. The van der Waals surface area contributed by atoms with Crippen LogP contribution in [0.4, 0.5) is 5.88 Å². The van der Waals surface area contributed by atoms with Gasteiger partial charge in [0.05, 0.1) is 18.7 Å². The van der Waals surface area contributed by atoms with Crippen LogP contribution in [-0.4, -0.2) is 19.4 Å². The van der Waals surface area contributed by atoms with Gasteiger partial charge in [0.25, 0.3) is 0 Å². The predicted molar refractivity (Wildman–Crippen MR) is 81.2 cm³/mol. The number of aromatic nitrogens is 1. The van der Waals surface area contributed by atoms with E-state index in [1.165, 1.54) is 0 Å². The summed E-state index contributed by atoms with van der Waals surface area (Å²) < 4.78 is 16.6. The van der Waals surface area contributed by atoms with Crippen molar-refractivity contribution in [3.63, 3.8) is 0 Å². The molecule has 20 heavy (non-hydrogen) atoms. The van der Waals surface area contributed by atoms with Gasteiger partial charge >= 0.3 is 0 Å². The summed E-state index contributed by atoms with van der Waals surface area (Å²) >= 11 is 3.59. The van der Waals surface area contributed by atoms with Crippen LogP contribution >= 0.6 is 15.9 Å². The summed E-state index contributed by atoms with van der Waals surface area (Å²) in [6.07, 6.45) is 0. The van der Waals surface area contributed by atoms with E-state index in [1.54, 1.807) is 20.3 Å². The number of nitrogen functional groups attached to an aromatic ring is 1. The van der Waals surface area contributed by atoms with E-state index in [9.17, 15) is 0 Å². The second-order valence-electron chi connectivity index (χ2n) is 4.66. The highest BCUT2D eigenvalue weighted by Gasteiger charge is 2.22. The van der Waals surface area contributed by atoms with Gasteiger partial charge in [-0.3, -0.25) is 0 Å². The Morgan fingerprint density at radius 1 is 1.25 bits per heavy atom. The van der Waals surface area contributed by atoms with Crippen LogP contribution in [0.5, 0.6) is 11.5 Å². The first-order valence-corrected chi connectivity index (χ1v) is 6.95. The highest BCUT2D eigenvalue weighted by Crippen LogP contribution is 2.45. The van der Waals surface area contributed by atoms with Crippen molar-refractivity contribution in [2.24, 2.45) is 0 Å². The van der Waals surface area contributed by atoms with Gasteiger partial charge < -0.3 is 19.7 Å². The van der Waals surface area contributed by atoms with Crippen molar-refractivity contribution in [2.75, 3.05) is 20.0 Å². The van der Waals surface area contributed by atoms with Crippen LogP contribution < -0.4 is 15.2 Å². The number of benzene rings is 1. The van der Waals surface area contributed by atoms with Crippen molar-refractivity contribution in [3.8, 4) is 22.8 Å². The SMILES string of the molecule is COc1cc(-c2cc(N)on2)c(C(C)C)c(Br)c1OC. The lowest BCUT2D eigenvalue weighted by Gasteiger charge is -2.18. The average molecular weight is 341 g/mol. The maximum absolute atomic E-state index is 5.61. The summed E-state index contributed by atoms with van der Waals surface area (Å²) in [5.41, 5.74) is 8.26. The van der Waals surface area contributed by atoms with Crippen LogP contribution in [0, 0.1) is 0 Å². The van der Waals surface area contributed by atoms with Gasteiger partial charge in [-0.05, 0) is 33.5 Å². The Labute approximate surface area is 126 Å². The van der Waals surface area contributed by atoms with Crippen LogP contribution in [0.3, 0.4) is 0 Å². The second kappa shape index (κ2) is 5.75. The van der Waals surface area contributed by atoms with Gasteiger partial charge in [-0.25, -0.2) is 0 Å². The summed E-state index contributed by atoms with van der Waals surface area (Å²) in [7, 11) is 3.21. The van der Waals surface area contributed by atoms with Gasteiger partial charge in [-0.15, -0.1) is 0 Å². The summed E-state index contributed by atoms with van der Waals surface area (Å²) in [6, 6.07) is 3.58. The first-order valence-electron chi connectivity index (χ1n) is 6.16. The molecule has 2 aromatic rings. The van der Waals surface area contributed by atoms with Crippen LogP contribution in [-0.2, 0) is 0 Å². The van der Waals surface area contributed by atoms with Crippen molar-refractivity contribution < 1.29 is 14.0 Å². The Kier molecular flexibility index (Phi) is 4.23. The fraction of sp³-hybridized carbons (Fsp3) is 0.357. The third-order valence-corrected chi connectivity index (χ3v) is 3.82. The molecule has 1 aromatic heterocycles. The number of hydrogen-bond donors (Lipinski definition) is 1. The Morgan fingerprint density at radius 2 is 1.95 bits per heavy atom. The largest absolute Gasteiger partial charge is 0.493 e. The van der Waals surface area contributed by atoms with Crippen LogP contribution in [0.15, 0.2) is 21.1 Å². The van der Waals surface area contributed by atoms with E-state index in [1.807, 2.05) is 6.07 Å². The minimum absolute atomic E-state index is 0.261. The van der Waals surface area contributed by atoms with Crippen molar-refractivity contribution >= 4 is 21.8 Å². The Hall–Kier alpha value is -1.69. The number of hydrogen-bond acceptors (Lipinski definition) is 5. The lowest BCUT2D eigenvalue weighted by atomic mass is 9.94. The molecule has 0 atom stereocenters. The summed E-state index contributed by atoms with van der Waals surface area (Å²) in [4.78, 5) is 0. The molecule has 0 radical (unpaired) electrons. The number of ether oxygens (including phenoxy) is 2. The van der Waals surface area contributed by atoms with E-state index in [2.05, 4.69) is 34.9 Å². The average Bonchev–Trinajstić information content (AvgIpc) is 2.83. The number of nitrogens with two attached hydrogens (primary N) is 1. The molecule has 0 saturated heterocycles. The van der Waals surface area contributed by atoms with Crippen molar-refractivity contribution in [1.29, 1.82) is 0 Å². The van der Waals surface area contributed by atoms with E-state index in [0.717, 1.165) is 15.6 Å². The predicted octanol–water partition coefficient (Wildman–Crippen LogP) is 3.83. The minimum atomic E-state index is 0.261. The first kappa shape index (κ1) is 14.7. The zero-order valence-electron chi connectivity index (χ0n) is 11.9. The minimum Gasteiger partial charge on any atom is -0.493 e. The van der Waals surface area contributed by atoms with E-state index in [0.29, 0.717) is 17.2 Å². The Bertz CT molecular complexity index is 623. The van der Waals surface area contributed by atoms with Gasteiger partial charge in [0.15, 0.2) is 11.5 Å². The molecule has 0 spiro atoms. The topological polar surface area (TPSA) is 70.5 Å². The van der Waals surface area contributed by atoms with Crippen molar-refractivity contribution in [2.45, 2.75) is 19.8 Å². The van der Waals surface area contributed by atoms with E-state index in [4.69, 9.17) is 19.7 Å².